The molecule has 1 atom stereocenters. The lowest BCUT2D eigenvalue weighted by Gasteiger charge is -2.11. The number of thioether (sulfide) groups is 1. The average molecular weight is 368 g/mol. The fourth-order valence-corrected chi connectivity index (χ4v) is 3.98. The zero-order chi connectivity index (χ0) is 14.5. The van der Waals surface area contributed by atoms with Gasteiger partial charge in [-0.15, -0.1) is 0 Å². The highest BCUT2D eigenvalue weighted by Crippen LogP contribution is 2.23. The summed E-state index contributed by atoms with van der Waals surface area (Å²) < 4.78 is 27.3. The summed E-state index contributed by atoms with van der Waals surface area (Å²) in [5.41, 5.74) is 0.668. The van der Waals surface area contributed by atoms with Crippen LogP contribution in [-0.4, -0.2) is 31.6 Å². The molecule has 0 saturated heterocycles. The van der Waals surface area contributed by atoms with Gasteiger partial charge in [0.25, 0.3) is 0 Å². The van der Waals surface area contributed by atoms with Crippen LogP contribution in [0.1, 0.15) is 18.9 Å². The van der Waals surface area contributed by atoms with Crippen LogP contribution in [0.5, 0.6) is 0 Å². The van der Waals surface area contributed by atoms with E-state index in [2.05, 4.69) is 27.6 Å². The van der Waals surface area contributed by atoms with E-state index in [9.17, 15) is 8.42 Å². The van der Waals surface area contributed by atoms with E-state index in [1.54, 1.807) is 23.9 Å². The molecule has 1 rings (SSSR count). The average Bonchev–Trinajstić information content (AvgIpc) is 2.37. The molecule has 1 aromatic carbocycles. The zero-order valence-electron chi connectivity index (χ0n) is 10.9. The van der Waals surface area contributed by atoms with Crippen molar-refractivity contribution in [3.05, 3.63) is 28.2 Å². The smallest absolute Gasteiger partial charge is 0.241 e. The first kappa shape index (κ1) is 17.0. The van der Waals surface area contributed by atoms with Gasteiger partial charge >= 0.3 is 0 Å². The van der Waals surface area contributed by atoms with Crippen LogP contribution in [-0.2, 0) is 16.6 Å². The third-order valence-corrected chi connectivity index (χ3v) is 6.19. The number of benzene rings is 1. The molecule has 1 unspecified atom stereocenters. The van der Waals surface area contributed by atoms with Gasteiger partial charge in [-0.1, -0.05) is 13.0 Å². The summed E-state index contributed by atoms with van der Waals surface area (Å²) in [5, 5.41) is 9.42. The van der Waals surface area contributed by atoms with Gasteiger partial charge in [-0.05, 0) is 46.3 Å². The van der Waals surface area contributed by atoms with Crippen molar-refractivity contribution < 1.29 is 13.5 Å². The van der Waals surface area contributed by atoms with E-state index in [0.717, 1.165) is 6.42 Å². The van der Waals surface area contributed by atoms with Gasteiger partial charge in [-0.25, -0.2) is 13.1 Å². The SMILES string of the molecule is CSC(C)CCNS(=O)(=O)c1ccc(CO)cc1Br. The third-order valence-electron chi connectivity index (χ3n) is 2.71. The Hall–Kier alpha value is -0.0800. The van der Waals surface area contributed by atoms with Crippen LogP contribution in [0.3, 0.4) is 0 Å². The number of hydrogen-bond donors (Lipinski definition) is 2. The molecule has 2 N–H and O–H groups in total. The van der Waals surface area contributed by atoms with E-state index < -0.39 is 10.0 Å². The Labute approximate surface area is 127 Å². The van der Waals surface area contributed by atoms with Crippen LogP contribution >= 0.6 is 27.7 Å². The van der Waals surface area contributed by atoms with Crippen molar-refractivity contribution in [2.75, 3.05) is 12.8 Å². The van der Waals surface area contributed by atoms with E-state index in [1.165, 1.54) is 6.07 Å². The molecule has 0 saturated carbocycles. The third kappa shape index (κ3) is 5.07. The van der Waals surface area contributed by atoms with Gasteiger partial charge in [-0.2, -0.15) is 11.8 Å². The highest BCUT2D eigenvalue weighted by atomic mass is 79.9. The quantitative estimate of drug-likeness (QED) is 0.776. The Bertz CT molecular complexity index is 520. The predicted molar refractivity (Wildman–Crippen MR) is 82.8 cm³/mol. The maximum absolute atomic E-state index is 12.1. The molecule has 0 bridgehead atoms. The van der Waals surface area contributed by atoms with Crippen molar-refractivity contribution in [2.45, 2.75) is 30.1 Å². The van der Waals surface area contributed by atoms with E-state index in [0.29, 0.717) is 21.8 Å². The molecule has 19 heavy (non-hydrogen) atoms. The van der Waals surface area contributed by atoms with Crippen molar-refractivity contribution >= 4 is 37.7 Å². The molecular formula is C12H18BrNO3S2. The summed E-state index contributed by atoms with van der Waals surface area (Å²) in [6.07, 6.45) is 2.79. The molecule has 0 fully saturated rings. The molecule has 4 nitrogen and oxygen atoms in total. The van der Waals surface area contributed by atoms with Crippen molar-refractivity contribution in [2.24, 2.45) is 0 Å². The van der Waals surface area contributed by atoms with Gasteiger partial charge in [-0.3, -0.25) is 0 Å². The van der Waals surface area contributed by atoms with Crippen LogP contribution in [0.2, 0.25) is 0 Å². The van der Waals surface area contributed by atoms with E-state index in [1.807, 2.05) is 6.26 Å². The largest absolute Gasteiger partial charge is 0.392 e. The Morgan fingerprint density at radius 3 is 2.68 bits per heavy atom. The van der Waals surface area contributed by atoms with Crippen molar-refractivity contribution in [3.8, 4) is 0 Å². The lowest BCUT2D eigenvalue weighted by atomic mass is 10.2. The van der Waals surface area contributed by atoms with Gasteiger partial charge < -0.3 is 5.11 Å². The second-order valence-electron chi connectivity index (χ2n) is 4.16. The van der Waals surface area contributed by atoms with Crippen LogP contribution in [0, 0.1) is 0 Å². The van der Waals surface area contributed by atoms with Gasteiger partial charge in [0, 0.05) is 16.3 Å². The van der Waals surface area contributed by atoms with E-state index >= 15 is 0 Å². The summed E-state index contributed by atoms with van der Waals surface area (Å²) in [5.74, 6) is 0. The number of halogens is 1. The Morgan fingerprint density at radius 2 is 2.16 bits per heavy atom. The number of sulfonamides is 1. The summed E-state index contributed by atoms with van der Waals surface area (Å²) in [7, 11) is -3.51. The normalized spacial score (nSPS) is 13.5. The Kier molecular flexibility index (Phi) is 6.82. The highest BCUT2D eigenvalue weighted by Gasteiger charge is 2.17. The molecular weight excluding hydrogens is 350 g/mol. The van der Waals surface area contributed by atoms with E-state index in [4.69, 9.17) is 5.11 Å². The topological polar surface area (TPSA) is 66.4 Å². The fraction of sp³-hybridized carbons (Fsp3) is 0.500. The molecule has 0 aliphatic rings. The lowest BCUT2D eigenvalue weighted by molar-refractivity contribution is 0.281. The molecule has 7 heteroatoms. The van der Waals surface area contributed by atoms with Crippen molar-refractivity contribution in [1.29, 1.82) is 0 Å². The minimum absolute atomic E-state index is 0.113. The second kappa shape index (κ2) is 7.64. The number of aliphatic hydroxyl groups excluding tert-OH is 1. The van der Waals surface area contributed by atoms with Crippen LogP contribution in [0.25, 0.3) is 0 Å². The van der Waals surface area contributed by atoms with Gasteiger partial charge in [0.1, 0.15) is 0 Å². The van der Waals surface area contributed by atoms with Crippen LogP contribution in [0.15, 0.2) is 27.6 Å². The summed E-state index contributed by atoms with van der Waals surface area (Å²) in [6, 6.07) is 4.71. The minimum Gasteiger partial charge on any atom is -0.392 e. The molecule has 0 aliphatic carbocycles. The van der Waals surface area contributed by atoms with Crippen LogP contribution < -0.4 is 4.72 Å². The summed E-state index contributed by atoms with van der Waals surface area (Å²) >= 11 is 4.93. The fourth-order valence-electron chi connectivity index (χ4n) is 1.45. The minimum atomic E-state index is -3.51. The summed E-state index contributed by atoms with van der Waals surface area (Å²) in [6.45, 7) is 2.36. The highest BCUT2D eigenvalue weighted by molar-refractivity contribution is 9.10. The van der Waals surface area contributed by atoms with E-state index in [-0.39, 0.29) is 11.5 Å². The van der Waals surface area contributed by atoms with Crippen molar-refractivity contribution in [1.82, 2.24) is 4.72 Å². The van der Waals surface area contributed by atoms with Gasteiger partial charge in [0.2, 0.25) is 10.0 Å². The lowest BCUT2D eigenvalue weighted by Crippen LogP contribution is -2.26. The number of hydrogen-bond acceptors (Lipinski definition) is 4. The molecule has 1 aromatic rings. The molecule has 0 aromatic heterocycles. The Morgan fingerprint density at radius 1 is 1.47 bits per heavy atom. The first-order valence-electron chi connectivity index (χ1n) is 5.82. The molecule has 108 valence electrons. The first-order valence-corrected chi connectivity index (χ1v) is 9.39. The van der Waals surface area contributed by atoms with Crippen LogP contribution in [0.4, 0.5) is 0 Å². The monoisotopic (exact) mass is 367 g/mol. The van der Waals surface area contributed by atoms with Crippen molar-refractivity contribution in [3.63, 3.8) is 0 Å². The maximum Gasteiger partial charge on any atom is 0.241 e. The second-order valence-corrected chi connectivity index (χ2v) is 8.02. The molecule has 0 radical (unpaired) electrons. The molecule has 0 amide bonds. The molecule has 0 heterocycles. The summed E-state index contributed by atoms with van der Waals surface area (Å²) in [4.78, 5) is 0.196. The standard InChI is InChI=1S/C12H18BrNO3S2/c1-9(18-2)5-6-14-19(16,17)12-4-3-10(8-15)7-11(12)13/h3-4,7,9,14-15H,5-6,8H2,1-2H3. The number of nitrogens with one attached hydrogen (secondary N) is 1. The Balaban J connectivity index is 2.77. The number of aliphatic hydroxyl groups is 1. The van der Waals surface area contributed by atoms with Gasteiger partial charge in [0.15, 0.2) is 0 Å². The maximum atomic E-state index is 12.1. The van der Waals surface area contributed by atoms with Gasteiger partial charge in [0.05, 0.1) is 11.5 Å². The first-order chi connectivity index (χ1) is 8.90. The zero-order valence-corrected chi connectivity index (χ0v) is 14.1. The molecule has 0 spiro atoms. The predicted octanol–water partition coefficient (Wildman–Crippen LogP) is 2.36. The molecule has 0 aliphatic heterocycles. The number of rotatable bonds is 7.